The first kappa shape index (κ1) is 17.2. The number of nitro groups is 1. The second-order valence-corrected chi connectivity index (χ2v) is 5.99. The molecule has 0 spiro atoms. The number of nitrogens with one attached hydrogen (secondary N) is 2. The summed E-state index contributed by atoms with van der Waals surface area (Å²) in [6, 6.07) is 11.8. The van der Waals surface area contributed by atoms with Crippen LogP contribution in [-0.4, -0.2) is 27.2 Å². The van der Waals surface area contributed by atoms with E-state index in [1.165, 1.54) is 35.8 Å². The van der Waals surface area contributed by atoms with E-state index in [1.807, 2.05) is 17.5 Å². The van der Waals surface area contributed by atoms with Gasteiger partial charge in [-0.15, -0.1) is 11.3 Å². The predicted molar refractivity (Wildman–Crippen MR) is 100.0 cm³/mol. The highest BCUT2D eigenvalue weighted by atomic mass is 32.1. The maximum absolute atomic E-state index is 12.0. The number of thiophene rings is 1. The Hall–Kier alpha value is -3.59. The average Bonchev–Trinajstić information content (AvgIpc) is 3.33. The Bertz CT molecular complexity index is 976. The first-order valence-corrected chi connectivity index (χ1v) is 8.36. The molecule has 0 bridgehead atoms. The summed E-state index contributed by atoms with van der Waals surface area (Å²) >= 11 is 1.54. The quantitative estimate of drug-likeness (QED) is 0.394. The number of carbonyl (C=O) groups excluding carboxylic acids is 1. The Morgan fingerprint density at radius 3 is 2.92 bits per heavy atom. The summed E-state index contributed by atoms with van der Waals surface area (Å²) < 4.78 is 0. The SMILES string of the molecule is O=C(N/N=C\C=C\c1ccccc1[N+](=O)[O-])c1cc(-c2cccs2)[nH]n1. The lowest BCUT2D eigenvalue weighted by Crippen LogP contribution is -2.17. The van der Waals surface area contributed by atoms with Gasteiger partial charge in [0, 0.05) is 12.3 Å². The van der Waals surface area contributed by atoms with E-state index in [0.29, 0.717) is 5.56 Å². The molecule has 1 aromatic carbocycles. The van der Waals surface area contributed by atoms with Crippen LogP contribution in [0.25, 0.3) is 16.6 Å². The van der Waals surface area contributed by atoms with Crippen molar-refractivity contribution in [3.63, 3.8) is 0 Å². The van der Waals surface area contributed by atoms with Crippen molar-refractivity contribution in [1.29, 1.82) is 0 Å². The van der Waals surface area contributed by atoms with Crippen molar-refractivity contribution in [3.8, 4) is 10.6 Å². The van der Waals surface area contributed by atoms with E-state index >= 15 is 0 Å². The molecule has 0 saturated carbocycles. The lowest BCUT2D eigenvalue weighted by atomic mass is 10.2. The monoisotopic (exact) mass is 367 g/mol. The molecule has 0 aliphatic carbocycles. The van der Waals surface area contributed by atoms with Crippen molar-refractivity contribution in [2.75, 3.05) is 0 Å². The molecule has 9 heteroatoms. The molecular formula is C17H13N5O3S. The molecule has 0 aliphatic heterocycles. The number of hydrazone groups is 1. The van der Waals surface area contributed by atoms with Gasteiger partial charge in [0.2, 0.25) is 0 Å². The third kappa shape index (κ3) is 4.08. The molecule has 130 valence electrons. The van der Waals surface area contributed by atoms with Gasteiger partial charge in [-0.2, -0.15) is 10.2 Å². The van der Waals surface area contributed by atoms with E-state index in [9.17, 15) is 14.9 Å². The van der Waals surface area contributed by atoms with Gasteiger partial charge in [0.05, 0.1) is 21.1 Å². The number of H-pyrrole nitrogens is 1. The normalized spacial score (nSPS) is 11.2. The smallest absolute Gasteiger partial charge is 0.276 e. The van der Waals surface area contributed by atoms with Crippen LogP contribution in [0.4, 0.5) is 5.69 Å². The lowest BCUT2D eigenvalue weighted by molar-refractivity contribution is -0.385. The third-order valence-corrected chi connectivity index (χ3v) is 4.24. The Labute approximate surface area is 152 Å². The van der Waals surface area contributed by atoms with Gasteiger partial charge in [-0.05, 0) is 35.7 Å². The molecule has 3 rings (SSSR count). The summed E-state index contributed by atoms with van der Waals surface area (Å²) in [5.41, 5.74) is 3.76. The first-order chi connectivity index (χ1) is 12.6. The Kier molecular flexibility index (Phi) is 5.30. The molecule has 0 radical (unpaired) electrons. The number of rotatable bonds is 6. The minimum absolute atomic E-state index is 0.00110. The van der Waals surface area contributed by atoms with Crippen LogP contribution in [0.1, 0.15) is 16.1 Å². The first-order valence-electron chi connectivity index (χ1n) is 7.48. The van der Waals surface area contributed by atoms with Crippen molar-refractivity contribution in [3.05, 3.63) is 75.3 Å². The maximum Gasteiger partial charge on any atom is 0.291 e. The number of benzene rings is 1. The number of nitrogens with zero attached hydrogens (tertiary/aromatic N) is 3. The Balaban J connectivity index is 1.59. The highest BCUT2D eigenvalue weighted by Gasteiger charge is 2.11. The van der Waals surface area contributed by atoms with Crippen LogP contribution in [0, 0.1) is 10.1 Å². The number of aromatic nitrogens is 2. The molecule has 0 aliphatic rings. The van der Waals surface area contributed by atoms with Crippen molar-refractivity contribution >= 4 is 35.2 Å². The van der Waals surface area contributed by atoms with Crippen LogP contribution in [-0.2, 0) is 0 Å². The lowest BCUT2D eigenvalue weighted by Gasteiger charge is -1.95. The Morgan fingerprint density at radius 2 is 2.15 bits per heavy atom. The molecule has 0 unspecified atom stereocenters. The van der Waals surface area contributed by atoms with E-state index < -0.39 is 10.8 Å². The van der Waals surface area contributed by atoms with E-state index in [0.717, 1.165) is 10.6 Å². The number of hydrogen-bond acceptors (Lipinski definition) is 6. The second kappa shape index (κ2) is 7.99. The van der Waals surface area contributed by atoms with Crippen molar-refractivity contribution in [2.24, 2.45) is 5.10 Å². The largest absolute Gasteiger partial charge is 0.291 e. The van der Waals surface area contributed by atoms with Crippen LogP contribution >= 0.6 is 11.3 Å². The summed E-state index contributed by atoms with van der Waals surface area (Å²) in [7, 11) is 0. The van der Waals surface area contributed by atoms with Crippen LogP contribution in [0.3, 0.4) is 0 Å². The van der Waals surface area contributed by atoms with Crippen LogP contribution in [0.2, 0.25) is 0 Å². The highest BCUT2D eigenvalue weighted by Crippen LogP contribution is 2.22. The van der Waals surface area contributed by atoms with Gasteiger partial charge in [-0.3, -0.25) is 20.0 Å². The molecular weight excluding hydrogens is 354 g/mol. The third-order valence-electron chi connectivity index (χ3n) is 3.33. The summed E-state index contributed by atoms with van der Waals surface area (Å²) in [4.78, 5) is 23.4. The van der Waals surface area contributed by atoms with Crippen molar-refractivity contribution in [1.82, 2.24) is 15.6 Å². The van der Waals surface area contributed by atoms with E-state index in [4.69, 9.17) is 0 Å². The van der Waals surface area contributed by atoms with Crippen LogP contribution in [0.15, 0.2) is 59.0 Å². The van der Waals surface area contributed by atoms with Crippen molar-refractivity contribution < 1.29 is 9.72 Å². The van der Waals surface area contributed by atoms with Gasteiger partial charge in [0.15, 0.2) is 5.69 Å². The van der Waals surface area contributed by atoms with Gasteiger partial charge < -0.3 is 0 Å². The molecule has 2 N–H and O–H groups in total. The van der Waals surface area contributed by atoms with E-state index in [1.54, 1.807) is 24.3 Å². The summed E-state index contributed by atoms with van der Waals surface area (Å²) in [6.07, 6.45) is 4.38. The predicted octanol–water partition coefficient (Wildman–Crippen LogP) is 3.48. The molecule has 8 nitrogen and oxygen atoms in total. The number of carbonyl (C=O) groups is 1. The minimum Gasteiger partial charge on any atom is -0.276 e. The molecule has 1 amide bonds. The zero-order chi connectivity index (χ0) is 18.4. The minimum atomic E-state index is -0.459. The molecule has 3 aromatic rings. The van der Waals surface area contributed by atoms with Gasteiger partial charge in [0.25, 0.3) is 11.6 Å². The molecule has 2 aromatic heterocycles. The van der Waals surface area contributed by atoms with Gasteiger partial charge in [-0.25, -0.2) is 5.43 Å². The zero-order valence-corrected chi connectivity index (χ0v) is 14.1. The topological polar surface area (TPSA) is 113 Å². The number of para-hydroxylation sites is 1. The Morgan fingerprint density at radius 1 is 1.31 bits per heavy atom. The van der Waals surface area contributed by atoms with Gasteiger partial charge >= 0.3 is 0 Å². The van der Waals surface area contributed by atoms with Gasteiger partial charge in [-0.1, -0.05) is 18.2 Å². The summed E-state index contributed by atoms with van der Waals surface area (Å²) in [6.45, 7) is 0. The van der Waals surface area contributed by atoms with Gasteiger partial charge in [0.1, 0.15) is 0 Å². The van der Waals surface area contributed by atoms with E-state index in [-0.39, 0.29) is 11.4 Å². The maximum atomic E-state index is 12.0. The van der Waals surface area contributed by atoms with Crippen LogP contribution < -0.4 is 5.43 Å². The molecule has 2 heterocycles. The standard InChI is InChI=1S/C17H13N5O3S/c23-17(14-11-13(19-20-14)16-8-4-10-26-16)21-18-9-3-6-12-5-1-2-7-15(12)22(24)25/h1-11H,(H,19,20)(H,21,23)/b6-3+,18-9-. The number of hydrogen-bond donors (Lipinski definition) is 2. The number of aromatic amines is 1. The summed E-state index contributed by atoms with van der Waals surface area (Å²) in [5.74, 6) is -0.459. The second-order valence-electron chi connectivity index (χ2n) is 5.04. The van der Waals surface area contributed by atoms with Crippen molar-refractivity contribution in [2.45, 2.75) is 0 Å². The average molecular weight is 367 g/mol. The highest BCUT2D eigenvalue weighted by molar-refractivity contribution is 7.13. The molecule has 26 heavy (non-hydrogen) atoms. The number of nitro benzene ring substituents is 1. The number of amides is 1. The van der Waals surface area contributed by atoms with Crippen LogP contribution in [0.5, 0.6) is 0 Å². The molecule has 0 fully saturated rings. The fourth-order valence-electron chi connectivity index (χ4n) is 2.13. The number of allylic oxidation sites excluding steroid dienone is 1. The van der Waals surface area contributed by atoms with E-state index in [2.05, 4.69) is 20.7 Å². The fraction of sp³-hybridized carbons (Fsp3) is 0. The fourth-order valence-corrected chi connectivity index (χ4v) is 2.83. The summed E-state index contributed by atoms with van der Waals surface area (Å²) in [5, 5.41) is 23.4. The zero-order valence-electron chi connectivity index (χ0n) is 13.3. The molecule has 0 saturated heterocycles. The molecule has 0 atom stereocenters.